The zero-order valence-corrected chi connectivity index (χ0v) is 61.6. The van der Waals surface area contributed by atoms with Gasteiger partial charge in [0.1, 0.15) is 69.6 Å². The number of phenols is 1. The Morgan fingerprint density at radius 2 is 0.899 bits per heavy atom. The predicted molar refractivity (Wildman–Crippen MR) is 371 cm³/mol. The minimum absolute atomic E-state index is 0.000416. The van der Waals surface area contributed by atoms with E-state index in [9.17, 15) is 53.1 Å². The second-order valence-corrected chi connectivity index (χ2v) is 30.6. The average molecular weight is 1400 g/mol. The van der Waals surface area contributed by atoms with Gasteiger partial charge in [-0.25, -0.2) is 28.8 Å². The molecule has 0 aromatic heterocycles. The van der Waals surface area contributed by atoms with Crippen LogP contribution in [0.5, 0.6) is 5.75 Å². The Morgan fingerprint density at radius 1 is 0.465 bits per heavy atom. The van der Waals surface area contributed by atoms with Crippen molar-refractivity contribution in [2.24, 2.45) is 0 Å². The number of unbranched alkanes of at least 4 members (excludes halogenated alkanes) is 1. The standard InChI is InChI=1S/C70H113N11O18/c1-42-29-30-43-37-45(42)39-51(79-56(85)50(28-24-36-74-61(90)96-67(8,9)10)78-58(87)52(81-64(93)99-70(17,18)19)40-46-38-44(43)31-32-53(46)82)57(86)77-48(27-23-35-73-60(89)95-66(5,6)7)54(83)71-33-21-20-26-49(80-63(92)98-69(14,15)16)55(84)75-41-47(76-62(91)97-68(11,12)13)25-22-34-72-59(88)94-65(2,3)4/h29-32,37-38,47-52,82H,20-28,33-36,39-41H2,1-19H3,(H,71,83)(H,72,88)(H,73,89)(H,74,90)(H,75,84)(H,76,91)(H,77,86)(H,78,87)(H,79,85)(H,80,92)(H,81,93)/t47-,48+,49-,50-,51-,52-/m0/s1. The van der Waals surface area contributed by atoms with Crippen LogP contribution < -0.4 is 58.5 Å². The number of amides is 11. The molecule has 29 nitrogen and oxygen atoms in total. The first-order valence-electron chi connectivity index (χ1n) is 33.9. The van der Waals surface area contributed by atoms with Gasteiger partial charge in [0.25, 0.3) is 0 Å². The molecule has 0 radical (unpaired) electrons. The van der Waals surface area contributed by atoms with Crippen molar-refractivity contribution in [3.63, 3.8) is 0 Å². The summed E-state index contributed by atoms with van der Waals surface area (Å²) in [5.41, 5.74) is -2.29. The van der Waals surface area contributed by atoms with Crippen molar-refractivity contribution in [3.8, 4) is 16.9 Å². The van der Waals surface area contributed by atoms with Crippen LogP contribution in [0.3, 0.4) is 0 Å². The summed E-state index contributed by atoms with van der Waals surface area (Å²) in [5.74, 6) is -3.96. The van der Waals surface area contributed by atoms with Crippen LogP contribution in [0.25, 0.3) is 11.1 Å². The molecule has 0 saturated carbocycles. The van der Waals surface area contributed by atoms with Gasteiger partial charge in [-0.05, 0) is 229 Å². The van der Waals surface area contributed by atoms with E-state index in [4.69, 9.17) is 28.4 Å². The molecule has 2 aromatic rings. The SMILES string of the molecule is Cc1ccc2cc1C[C@@H](C(=O)N[C@H](CCCNC(=O)OC(C)(C)C)C(=O)NCCCC[C@H](NC(=O)OC(C)(C)C)C(=O)NC[C@H](CCCNC(=O)OC(C)(C)C)NC(=O)OC(C)(C)C)NC(=O)[C@H](CCCNC(=O)OC(C)(C)C)NC(=O)[C@@H](NC(=O)OC(C)(C)C)Cc1cc-2ccc1O. The van der Waals surface area contributed by atoms with E-state index < -0.39 is 136 Å². The number of ether oxygens (including phenoxy) is 6. The quantitative estimate of drug-likeness (QED) is 0.0314. The largest absolute Gasteiger partial charge is 0.508 e. The zero-order chi connectivity index (χ0) is 74.9. The van der Waals surface area contributed by atoms with Crippen molar-refractivity contribution < 1.29 is 86.3 Å². The second-order valence-electron chi connectivity index (χ2n) is 30.6. The van der Waals surface area contributed by atoms with Crippen molar-refractivity contribution in [2.75, 3.05) is 32.7 Å². The summed E-state index contributed by atoms with van der Waals surface area (Å²) in [6.07, 6.45) is -3.83. The van der Waals surface area contributed by atoms with Gasteiger partial charge in [-0.2, -0.15) is 0 Å². The van der Waals surface area contributed by atoms with Gasteiger partial charge >= 0.3 is 36.6 Å². The highest BCUT2D eigenvalue weighted by molar-refractivity contribution is 5.96. The molecular weight excluding hydrogens is 1280 g/mol. The fraction of sp³-hybridized carbons (Fsp3) is 0.671. The van der Waals surface area contributed by atoms with E-state index in [0.717, 1.165) is 5.56 Å². The number of alkyl carbamates (subject to hydrolysis) is 6. The first-order valence-corrected chi connectivity index (χ1v) is 33.9. The molecular formula is C70H113N11O18. The van der Waals surface area contributed by atoms with Gasteiger partial charge in [-0.1, -0.05) is 24.3 Å². The molecule has 0 unspecified atom stereocenters. The van der Waals surface area contributed by atoms with Crippen LogP contribution in [0.1, 0.15) is 199 Å². The molecule has 4 bridgehead atoms. The molecule has 0 fully saturated rings. The number of hydrogen-bond donors (Lipinski definition) is 12. The summed E-state index contributed by atoms with van der Waals surface area (Å²) in [6, 6.07) is 2.77. The molecule has 6 atom stereocenters. The minimum atomic E-state index is -1.44. The summed E-state index contributed by atoms with van der Waals surface area (Å²) in [7, 11) is 0. The van der Waals surface area contributed by atoms with Crippen molar-refractivity contribution >= 4 is 66.1 Å². The summed E-state index contributed by atoms with van der Waals surface area (Å²) in [6.45, 7) is 32.3. The van der Waals surface area contributed by atoms with Crippen molar-refractivity contribution in [1.82, 2.24) is 58.5 Å². The molecule has 0 aliphatic carbocycles. The molecule has 1 aliphatic heterocycles. The molecule has 1 heterocycles. The van der Waals surface area contributed by atoms with E-state index in [1.165, 1.54) is 6.07 Å². The number of carbonyl (C=O) groups is 11. The number of phenolic OH excluding ortho intramolecular Hbond substituents is 1. The molecule has 3 rings (SSSR count). The smallest absolute Gasteiger partial charge is 0.408 e. The Labute approximate surface area is 583 Å². The third-order valence-corrected chi connectivity index (χ3v) is 14.1. The third kappa shape index (κ3) is 36.0. The molecule has 11 amide bonds. The van der Waals surface area contributed by atoms with Crippen LogP contribution in [0.2, 0.25) is 0 Å². The van der Waals surface area contributed by atoms with Crippen LogP contribution in [-0.4, -0.2) is 174 Å². The number of aromatic hydroxyl groups is 1. The van der Waals surface area contributed by atoms with Gasteiger partial charge < -0.3 is 92.0 Å². The maximum atomic E-state index is 15.1. The zero-order valence-electron chi connectivity index (χ0n) is 61.6. The summed E-state index contributed by atoms with van der Waals surface area (Å²) in [5, 5.41) is 41.3. The van der Waals surface area contributed by atoms with Gasteiger partial charge in [0.15, 0.2) is 0 Å². The first-order chi connectivity index (χ1) is 45.6. The Balaban J connectivity index is 2.02. The third-order valence-electron chi connectivity index (χ3n) is 14.1. The predicted octanol–water partition coefficient (Wildman–Crippen LogP) is 7.92. The van der Waals surface area contributed by atoms with Crippen LogP contribution >= 0.6 is 0 Å². The fourth-order valence-electron chi connectivity index (χ4n) is 9.71. The second kappa shape index (κ2) is 38.0. The van der Waals surface area contributed by atoms with Gasteiger partial charge in [-0.15, -0.1) is 0 Å². The van der Waals surface area contributed by atoms with E-state index in [-0.39, 0.29) is 108 Å². The lowest BCUT2D eigenvalue weighted by atomic mass is 9.93. The highest BCUT2D eigenvalue weighted by Gasteiger charge is 2.35. The van der Waals surface area contributed by atoms with Crippen molar-refractivity contribution in [2.45, 2.75) is 272 Å². The van der Waals surface area contributed by atoms with Crippen LogP contribution in [0, 0.1) is 6.92 Å². The summed E-state index contributed by atoms with van der Waals surface area (Å²) < 4.78 is 32.6. The fourth-order valence-corrected chi connectivity index (χ4v) is 9.71. The van der Waals surface area contributed by atoms with E-state index in [1.54, 1.807) is 137 Å². The number of hydrogen-bond acceptors (Lipinski definition) is 18. The van der Waals surface area contributed by atoms with Crippen LogP contribution in [-0.2, 0) is 65.2 Å². The van der Waals surface area contributed by atoms with Gasteiger partial charge in [0.2, 0.25) is 29.5 Å². The number of benzene rings is 2. The maximum Gasteiger partial charge on any atom is 0.408 e. The van der Waals surface area contributed by atoms with Gasteiger partial charge in [-0.3, -0.25) is 24.0 Å². The molecule has 99 heavy (non-hydrogen) atoms. The maximum absolute atomic E-state index is 15.1. The normalized spacial score (nSPS) is 16.3. The van der Waals surface area contributed by atoms with E-state index in [0.29, 0.717) is 23.1 Å². The average Bonchev–Trinajstić information content (AvgIpc) is 1.69. The Morgan fingerprint density at radius 3 is 1.43 bits per heavy atom. The topological polar surface area (TPSA) is 396 Å². The number of rotatable bonds is 26. The molecule has 1 aliphatic rings. The van der Waals surface area contributed by atoms with E-state index in [1.807, 2.05) is 25.1 Å². The number of fused-ring (bicyclic) bond motifs is 5. The van der Waals surface area contributed by atoms with Crippen molar-refractivity contribution in [3.05, 3.63) is 53.1 Å². The monoisotopic (exact) mass is 1400 g/mol. The Bertz CT molecular complexity index is 3080. The number of aryl methyl sites for hydroxylation is 1. The Kier molecular flexibility index (Phi) is 32.4. The highest BCUT2D eigenvalue weighted by Crippen LogP contribution is 2.30. The molecule has 12 N–H and O–H groups in total. The Hall–Kier alpha value is -8.79. The summed E-state index contributed by atoms with van der Waals surface area (Å²) in [4.78, 5) is 150. The molecule has 556 valence electrons. The first kappa shape index (κ1) is 84.4. The van der Waals surface area contributed by atoms with Gasteiger partial charge in [0, 0.05) is 51.6 Å². The lowest BCUT2D eigenvalue weighted by Crippen LogP contribution is -2.59. The van der Waals surface area contributed by atoms with Crippen LogP contribution in [0.15, 0.2) is 36.4 Å². The lowest BCUT2D eigenvalue weighted by Gasteiger charge is -2.27. The minimum Gasteiger partial charge on any atom is -0.508 e. The number of carbonyl (C=O) groups excluding carboxylic acids is 11. The molecule has 2 aromatic carbocycles. The van der Waals surface area contributed by atoms with Crippen molar-refractivity contribution in [1.29, 1.82) is 0 Å². The van der Waals surface area contributed by atoms with Gasteiger partial charge in [0.05, 0.1) is 0 Å². The molecule has 0 saturated heterocycles. The van der Waals surface area contributed by atoms with E-state index >= 15 is 4.79 Å². The van der Waals surface area contributed by atoms with Crippen LogP contribution in [0.4, 0.5) is 28.8 Å². The lowest BCUT2D eigenvalue weighted by molar-refractivity contribution is -0.134. The number of nitrogens with one attached hydrogen (secondary N) is 11. The summed E-state index contributed by atoms with van der Waals surface area (Å²) >= 11 is 0. The highest BCUT2D eigenvalue weighted by atomic mass is 16.6. The molecule has 29 heteroatoms. The molecule has 0 spiro atoms. The van der Waals surface area contributed by atoms with E-state index in [2.05, 4.69) is 58.5 Å².